The molecule has 1 aromatic rings. The van der Waals surface area contributed by atoms with E-state index in [1.807, 2.05) is 0 Å². The largest absolute Gasteiger partial charge is 0.497 e. The van der Waals surface area contributed by atoms with E-state index in [0.717, 1.165) is 5.75 Å². The number of likely N-dealkylation sites (N-methyl/N-ethyl adjacent to an activating group) is 1. The lowest BCUT2D eigenvalue weighted by Gasteiger charge is -2.41. The lowest BCUT2D eigenvalue weighted by Crippen LogP contribution is -2.47. The summed E-state index contributed by atoms with van der Waals surface area (Å²) in [6, 6.07) is 7.25. The Bertz CT molecular complexity index is 452. The van der Waals surface area contributed by atoms with Gasteiger partial charge >= 0.3 is 0 Å². The smallest absolute Gasteiger partial charge is 0.119 e. The van der Waals surface area contributed by atoms with Crippen LogP contribution in [0.1, 0.15) is 36.9 Å². The Labute approximate surface area is 122 Å². The number of piperazine rings is 1. The first kappa shape index (κ1) is 13.9. The highest BCUT2D eigenvalue weighted by molar-refractivity contribution is 5.39. The molecule has 0 aromatic heterocycles. The highest BCUT2D eigenvalue weighted by atomic mass is 16.5. The molecule has 0 bridgehead atoms. The summed E-state index contributed by atoms with van der Waals surface area (Å²) in [4.78, 5) is 5.23. The van der Waals surface area contributed by atoms with Gasteiger partial charge in [-0.1, -0.05) is 13.0 Å². The molecule has 1 aliphatic carbocycles. The fourth-order valence-corrected chi connectivity index (χ4v) is 3.65. The fraction of sp³-hybridized carbons (Fsp3) is 0.647. The standard InChI is InChI=1S/C17H26N2O/c1-3-18-9-11-19(12-10-18)17-6-4-5-14-7-8-15(20-2)13-16(14)17/h7-8,13,17H,3-6,9-12H2,1-2H3/t17-/m0/s1. The molecule has 3 heteroatoms. The Morgan fingerprint density at radius 1 is 1.20 bits per heavy atom. The minimum atomic E-state index is 0.604. The van der Waals surface area contributed by atoms with Crippen LogP contribution < -0.4 is 4.74 Å². The molecule has 1 aliphatic heterocycles. The van der Waals surface area contributed by atoms with Crippen LogP contribution in [0.5, 0.6) is 5.75 Å². The van der Waals surface area contributed by atoms with Crippen molar-refractivity contribution >= 4 is 0 Å². The van der Waals surface area contributed by atoms with Crippen molar-refractivity contribution in [1.82, 2.24) is 9.80 Å². The van der Waals surface area contributed by atoms with Crippen LogP contribution in [0.25, 0.3) is 0 Å². The molecule has 1 aromatic carbocycles. The Morgan fingerprint density at radius 3 is 2.70 bits per heavy atom. The van der Waals surface area contributed by atoms with Crippen LogP contribution >= 0.6 is 0 Å². The average Bonchev–Trinajstić information content (AvgIpc) is 2.54. The maximum absolute atomic E-state index is 5.42. The zero-order valence-electron chi connectivity index (χ0n) is 12.8. The van der Waals surface area contributed by atoms with Crippen LogP contribution in [0.15, 0.2) is 18.2 Å². The van der Waals surface area contributed by atoms with Crippen molar-refractivity contribution in [3.05, 3.63) is 29.3 Å². The molecule has 3 nitrogen and oxygen atoms in total. The number of aryl methyl sites for hydroxylation is 1. The third kappa shape index (κ3) is 2.70. The fourth-order valence-electron chi connectivity index (χ4n) is 3.65. The second-order valence-corrected chi connectivity index (χ2v) is 5.94. The second kappa shape index (κ2) is 6.15. The van der Waals surface area contributed by atoms with Crippen LogP contribution in [0.2, 0.25) is 0 Å². The van der Waals surface area contributed by atoms with E-state index < -0.39 is 0 Å². The normalized spacial score (nSPS) is 24.4. The first-order chi connectivity index (χ1) is 9.81. The van der Waals surface area contributed by atoms with E-state index >= 15 is 0 Å². The van der Waals surface area contributed by atoms with E-state index in [-0.39, 0.29) is 0 Å². The Morgan fingerprint density at radius 2 is 2.00 bits per heavy atom. The topological polar surface area (TPSA) is 15.7 Å². The molecular formula is C17H26N2O. The van der Waals surface area contributed by atoms with E-state index in [9.17, 15) is 0 Å². The van der Waals surface area contributed by atoms with Crippen molar-refractivity contribution in [1.29, 1.82) is 0 Å². The second-order valence-electron chi connectivity index (χ2n) is 5.94. The molecule has 0 unspecified atom stereocenters. The summed E-state index contributed by atoms with van der Waals surface area (Å²) in [5, 5.41) is 0. The van der Waals surface area contributed by atoms with Gasteiger partial charge in [0.15, 0.2) is 0 Å². The molecule has 1 fully saturated rings. The summed E-state index contributed by atoms with van der Waals surface area (Å²) in [7, 11) is 1.76. The average molecular weight is 274 g/mol. The SMILES string of the molecule is CCN1CCN([C@H]2CCCc3ccc(OC)cc32)CC1. The molecular weight excluding hydrogens is 248 g/mol. The summed E-state index contributed by atoms with van der Waals surface area (Å²) in [6.07, 6.45) is 3.84. The summed E-state index contributed by atoms with van der Waals surface area (Å²) < 4.78 is 5.42. The first-order valence-corrected chi connectivity index (χ1v) is 7.95. The molecule has 0 N–H and O–H groups in total. The summed E-state index contributed by atoms with van der Waals surface area (Å²) in [6.45, 7) is 8.28. The van der Waals surface area contributed by atoms with E-state index in [1.165, 1.54) is 63.1 Å². The quantitative estimate of drug-likeness (QED) is 0.843. The van der Waals surface area contributed by atoms with E-state index in [1.54, 1.807) is 7.11 Å². The molecule has 0 spiro atoms. The number of rotatable bonds is 3. The molecule has 0 amide bonds. The number of hydrogen-bond donors (Lipinski definition) is 0. The Kier molecular flexibility index (Phi) is 4.27. The van der Waals surface area contributed by atoms with Crippen LogP contribution in [-0.2, 0) is 6.42 Å². The number of hydrogen-bond acceptors (Lipinski definition) is 3. The predicted octanol–water partition coefficient (Wildman–Crippen LogP) is 2.71. The zero-order chi connectivity index (χ0) is 13.9. The maximum Gasteiger partial charge on any atom is 0.119 e. The van der Waals surface area contributed by atoms with Gasteiger partial charge in [-0.05, 0) is 49.1 Å². The van der Waals surface area contributed by atoms with Gasteiger partial charge < -0.3 is 9.64 Å². The number of fused-ring (bicyclic) bond motifs is 1. The Balaban J connectivity index is 1.79. The number of methoxy groups -OCH3 is 1. The summed E-state index contributed by atoms with van der Waals surface area (Å²) in [5.74, 6) is 1.00. The minimum absolute atomic E-state index is 0.604. The van der Waals surface area contributed by atoms with Gasteiger partial charge in [-0.15, -0.1) is 0 Å². The molecule has 20 heavy (non-hydrogen) atoms. The van der Waals surface area contributed by atoms with Crippen molar-refractivity contribution in [2.24, 2.45) is 0 Å². The van der Waals surface area contributed by atoms with E-state index in [0.29, 0.717) is 6.04 Å². The van der Waals surface area contributed by atoms with Gasteiger partial charge in [-0.3, -0.25) is 4.90 Å². The molecule has 1 heterocycles. The monoisotopic (exact) mass is 274 g/mol. The van der Waals surface area contributed by atoms with Crippen LogP contribution in [0.3, 0.4) is 0 Å². The molecule has 2 aliphatic rings. The lowest BCUT2D eigenvalue weighted by molar-refractivity contribution is 0.0911. The molecule has 1 saturated heterocycles. The first-order valence-electron chi connectivity index (χ1n) is 7.95. The number of ether oxygens (including phenoxy) is 1. The van der Waals surface area contributed by atoms with Crippen molar-refractivity contribution in [3.8, 4) is 5.75 Å². The van der Waals surface area contributed by atoms with E-state index in [2.05, 4.69) is 34.9 Å². The van der Waals surface area contributed by atoms with Crippen LogP contribution in [-0.4, -0.2) is 49.6 Å². The van der Waals surface area contributed by atoms with Gasteiger partial charge in [0.25, 0.3) is 0 Å². The third-order valence-corrected chi connectivity index (χ3v) is 4.93. The summed E-state index contributed by atoms with van der Waals surface area (Å²) >= 11 is 0. The van der Waals surface area contributed by atoms with Gasteiger partial charge in [0.2, 0.25) is 0 Å². The van der Waals surface area contributed by atoms with Crippen LogP contribution in [0, 0.1) is 0 Å². The van der Waals surface area contributed by atoms with Gasteiger partial charge in [-0.25, -0.2) is 0 Å². The summed E-state index contributed by atoms with van der Waals surface area (Å²) in [5.41, 5.74) is 3.04. The van der Waals surface area contributed by atoms with Crippen molar-refractivity contribution in [2.75, 3.05) is 39.8 Å². The highest BCUT2D eigenvalue weighted by Crippen LogP contribution is 2.36. The molecule has 110 valence electrons. The predicted molar refractivity (Wildman–Crippen MR) is 82.4 cm³/mol. The van der Waals surface area contributed by atoms with Gasteiger partial charge in [0, 0.05) is 32.2 Å². The molecule has 3 rings (SSSR count). The van der Waals surface area contributed by atoms with Crippen molar-refractivity contribution in [3.63, 3.8) is 0 Å². The highest BCUT2D eigenvalue weighted by Gasteiger charge is 2.28. The van der Waals surface area contributed by atoms with Gasteiger partial charge in [0.05, 0.1) is 7.11 Å². The molecule has 0 saturated carbocycles. The number of benzene rings is 1. The maximum atomic E-state index is 5.42. The van der Waals surface area contributed by atoms with Gasteiger partial charge in [0.1, 0.15) is 5.75 Å². The third-order valence-electron chi connectivity index (χ3n) is 4.93. The molecule has 0 radical (unpaired) electrons. The number of nitrogens with zero attached hydrogens (tertiary/aromatic N) is 2. The van der Waals surface area contributed by atoms with E-state index in [4.69, 9.17) is 4.74 Å². The lowest BCUT2D eigenvalue weighted by atomic mass is 9.86. The molecule has 1 atom stereocenters. The van der Waals surface area contributed by atoms with Crippen molar-refractivity contribution < 1.29 is 4.74 Å². The van der Waals surface area contributed by atoms with Crippen LogP contribution in [0.4, 0.5) is 0 Å². The minimum Gasteiger partial charge on any atom is -0.497 e. The zero-order valence-corrected chi connectivity index (χ0v) is 12.8. The van der Waals surface area contributed by atoms with Crippen molar-refractivity contribution in [2.45, 2.75) is 32.2 Å². The Hall–Kier alpha value is -1.06. The van der Waals surface area contributed by atoms with Gasteiger partial charge in [-0.2, -0.15) is 0 Å².